The first kappa shape index (κ1) is 38.1. The van der Waals surface area contributed by atoms with Crippen LogP contribution in [0.2, 0.25) is 0 Å². The Balaban J connectivity index is 1.37. The van der Waals surface area contributed by atoms with Crippen LogP contribution in [0.5, 0.6) is 0 Å². The molecule has 9 nitrogen and oxygen atoms in total. The molecule has 3 heterocycles. The number of amides is 1. The maximum Gasteiger partial charge on any atom is 0.235 e. The lowest BCUT2D eigenvalue weighted by Crippen LogP contribution is -2.61. The van der Waals surface area contributed by atoms with Crippen LogP contribution >= 0.6 is 0 Å². The monoisotopic (exact) mass is 734 g/mol. The van der Waals surface area contributed by atoms with E-state index < -0.39 is 88.9 Å². The number of ketones is 2. The van der Waals surface area contributed by atoms with Gasteiger partial charge in [0.1, 0.15) is 11.5 Å². The molecule has 54 heavy (non-hydrogen) atoms. The Labute approximate surface area is 317 Å². The van der Waals surface area contributed by atoms with Gasteiger partial charge in [-0.2, -0.15) is 0 Å². The average molecular weight is 735 g/mol. The third-order valence-corrected chi connectivity index (χ3v) is 13.2. The van der Waals surface area contributed by atoms with E-state index >= 15 is 9.59 Å². The highest BCUT2D eigenvalue weighted by atomic mass is 16.5. The first-order chi connectivity index (χ1) is 25.9. The molecular formula is C45H54N2O7. The normalized spacial score (nSPS) is 41.8. The van der Waals surface area contributed by atoms with Gasteiger partial charge in [0.15, 0.2) is 11.6 Å². The summed E-state index contributed by atoms with van der Waals surface area (Å²) in [5.41, 5.74) is 1.27. The van der Waals surface area contributed by atoms with Crippen molar-refractivity contribution in [1.82, 2.24) is 10.3 Å². The molecule has 286 valence electrons. The van der Waals surface area contributed by atoms with Gasteiger partial charge in [0.2, 0.25) is 5.91 Å². The maximum absolute atomic E-state index is 15.9. The van der Waals surface area contributed by atoms with Crippen molar-refractivity contribution in [3.05, 3.63) is 108 Å². The highest BCUT2D eigenvalue weighted by Gasteiger charge is 2.70. The minimum atomic E-state index is -1.75. The number of ether oxygens (including phenoxy) is 1. The zero-order chi connectivity index (χ0) is 38.5. The van der Waals surface area contributed by atoms with E-state index in [0.717, 1.165) is 16.5 Å². The van der Waals surface area contributed by atoms with Crippen LogP contribution in [0.15, 0.2) is 103 Å². The number of aromatic nitrogens is 1. The van der Waals surface area contributed by atoms with Crippen molar-refractivity contribution in [3.8, 4) is 0 Å². The van der Waals surface area contributed by atoms with Crippen LogP contribution in [0.4, 0.5) is 0 Å². The molecule has 1 saturated carbocycles. The molecule has 0 bridgehead atoms. The van der Waals surface area contributed by atoms with Crippen molar-refractivity contribution < 1.29 is 34.4 Å². The Morgan fingerprint density at radius 3 is 2.57 bits per heavy atom. The number of aliphatic hydroxyl groups is 3. The molecule has 1 amide bonds. The second-order valence-electron chi connectivity index (χ2n) is 16.3. The van der Waals surface area contributed by atoms with Gasteiger partial charge >= 0.3 is 0 Å². The van der Waals surface area contributed by atoms with Gasteiger partial charge in [-0.3, -0.25) is 14.4 Å². The zero-order valence-corrected chi connectivity index (χ0v) is 31.6. The quantitative estimate of drug-likeness (QED) is 0.158. The van der Waals surface area contributed by atoms with E-state index in [4.69, 9.17) is 4.74 Å². The number of hydrogen-bond donors (Lipinski definition) is 5. The molecular weight excluding hydrogens is 681 g/mol. The number of carbonyl (C=O) groups excluding carboxylic acids is 3. The number of Topliss-reactive ketones (excluding diaryl/α,β-unsaturated/α-hetero) is 2. The van der Waals surface area contributed by atoms with Crippen molar-refractivity contribution in [1.29, 1.82) is 0 Å². The summed E-state index contributed by atoms with van der Waals surface area (Å²) in [6.07, 6.45) is 15.3. The van der Waals surface area contributed by atoms with Crippen LogP contribution < -0.4 is 5.32 Å². The molecule has 9 heteroatoms. The number of nitrogens with one attached hydrogen (secondary N) is 2. The largest absolute Gasteiger partial charge is 0.390 e. The van der Waals surface area contributed by atoms with E-state index in [1.54, 1.807) is 6.92 Å². The number of carbonyl (C=O) groups is 3. The molecule has 5 N–H and O–H groups in total. The number of allylic oxidation sites excluding steroid dienone is 6. The van der Waals surface area contributed by atoms with Crippen LogP contribution in [0.3, 0.4) is 0 Å². The Hall–Kier alpha value is -4.15. The lowest BCUT2D eigenvalue weighted by atomic mass is 9.49. The summed E-state index contributed by atoms with van der Waals surface area (Å²) in [6, 6.07) is 7.48. The third-order valence-electron chi connectivity index (χ3n) is 13.2. The smallest absolute Gasteiger partial charge is 0.235 e. The predicted octanol–water partition coefficient (Wildman–Crippen LogP) is 5.35. The van der Waals surface area contributed by atoms with Gasteiger partial charge in [-0.05, 0) is 67.7 Å². The Bertz CT molecular complexity index is 1950. The van der Waals surface area contributed by atoms with Gasteiger partial charge in [-0.15, -0.1) is 0 Å². The molecule has 1 aromatic heterocycles. The Morgan fingerprint density at radius 2 is 1.80 bits per heavy atom. The molecule has 2 aliphatic heterocycles. The fourth-order valence-electron chi connectivity index (χ4n) is 10.5. The molecule has 14 atom stereocenters. The second kappa shape index (κ2) is 15.2. The van der Waals surface area contributed by atoms with Crippen molar-refractivity contribution in [2.75, 3.05) is 6.61 Å². The Morgan fingerprint density at radius 1 is 1.04 bits per heavy atom. The van der Waals surface area contributed by atoms with Crippen LogP contribution in [0, 0.1) is 52.8 Å². The number of aromatic amines is 1. The fraction of sp³-hybridized carbons (Fsp3) is 0.489. The lowest BCUT2D eigenvalue weighted by molar-refractivity contribution is -0.159. The third kappa shape index (κ3) is 6.23. The highest BCUT2D eigenvalue weighted by molar-refractivity contribution is 6.11. The molecule has 2 aromatic rings. The van der Waals surface area contributed by atoms with Crippen molar-refractivity contribution in [2.24, 2.45) is 52.8 Å². The SMILES string of the molecule is C=C1[C@@H](C)[C@H]2[C@H](Cc3c[nH]c4ccccc34)NC(=O)[C@]23C(=O)[C@H]2CC=C[C@@H]([C@H]4OC[C@@H](/C=C\C=C\C)[C@@H]4O)[C@@H]2C(=O)[C@H](O)/C(C)=C\[C@@H](C)C/C=C\[C@H]3[C@@H]1O. The molecule has 3 aliphatic carbocycles. The van der Waals surface area contributed by atoms with Crippen molar-refractivity contribution in [2.45, 2.75) is 77.4 Å². The van der Waals surface area contributed by atoms with Crippen molar-refractivity contribution >= 4 is 28.4 Å². The summed E-state index contributed by atoms with van der Waals surface area (Å²) >= 11 is 0. The number of aliphatic hydroxyl groups excluding tert-OH is 3. The summed E-state index contributed by atoms with van der Waals surface area (Å²) in [4.78, 5) is 49.1. The summed E-state index contributed by atoms with van der Waals surface area (Å²) < 4.78 is 6.24. The molecule has 2 saturated heterocycles. The first-order valence-corrected chi connectivity index (χ1v) is 19.5. The van der Waals surface area contributed by atoms with Crippen LogP contribution in [0.25, 0.3) is 10.9 Å². The van der Waals surface area contributed by atoms with Gasteiger partial charge in [0.25, 0.3) is 0 Å². The van der Waals surface area contributed by atoms with Crippen LogP contribution in [-0.4, -0.2) is 74.8 Å². The summed E-state index contributed by atoms with van der Waals surface area (Å²) in [7, 11) is 0. The highest BCUT2D eigenvalue weighted by Crippen LogP contribution is 2.59. The standard InChI is InChI=1S/C45H54N2O7/c1-6-7-8-14-28-23-54-42(40(28)50)31-16-12-17-32-36(31)41(51)38(48)25(3)20-24(2)13-11-18-33-39(49)27(5)26(4)37-35(47-44(53)45(33,37)43(32)52)21-29-22-46-34-19-10-9-15-30(29)34/h6-12,14-16,18-20,22,24,26,28,31-33,35-40,42,46,48-50H,5,13,17,21,23H2,1-4H3,(H,47,53)/b7-6+,14-8-,18-11-,25-20-/t24-,26+,28+,31+,32-,33-,35-,36-,37-,38+,39+,40-,42+,45-/m0/s1. The van der Waals surface area contributed by atoms with Gasteiger partial charge in [-0.1, -0.05) is 93.3 Å². The van der Waals surface area contributed by atoms with E-state index in [1.807, 2.05) is 106 Å². The summed E-state index contributed by atoms with van der Waals surface area (Å²) in [6.45, 7) is 12.1. The van der Waals surface area contributed by atoms with E-state index in [-0.39, 0.29) is 24.9 Å². The summed E-state index contributed by atoms with van der Waals surface area (Å²) in [5.74, 6) is -6.72. The first-order valence-electron chi connectivity index (χ1n) is 19.5. The number of fused-ring (bicyclic) bond motifs is 2. The van der Waals surface area contributed by atoms with Crippen LogP contribution in [0.1, 0.15) is 46.1 Å². The number of para-hydroxylation sites is 1. The minimum absolute atomic E-state index is 0.0932. The number of hydrogen-bond acceptors (Lipinski definition) is 7. The molecule has 5 aliphatic rings. The second-order valence-corrected chi connectivity index (χ2v) is 16.3. The number of H-pyrrole nitrogens is 1. The minimum Gasteiger partial charge on any atom is -0.390 e. The number of rotatable bonds is 5. The van der Waals surface area contributed by atoms with E-state index in [2.05, 4.69) is 16.9 Å². The van der Waals surface area contributed by atoms with Crippen molar-refractivity contribution in [3.63, 3.8) is 0 Å². The van der Waals surface area contributed by atoms with E-state index in [9.17, 15) is 20.1 Å². The predicted molar refractivity (Wildman–Crippen MR) is 208 cm³/mol. The maximum atomic E-state index is 15.9. The Kier molecular flexibility index (Phi) is 10.7. The lowest BCUT2D eigenvalue weighted by Gasteiger charge is -2.51. The van der Waals surface area contributed by atoms with Gasteiger partial charge < -0.3 is 30.4 Å². The fourth-order valence-corrected chi connectivity index (χ4v) is 10.5. The molecule has 1 spiro atoms. The van der Waals surface area contributed by atoms with Gasteiger partial charge in [0.05, 0.1) is 24.9 Å². The van der Waals surface area contributed by atoms with Crippen LogP contribution in [-0.2, 0) is 25.5 Å². The van der Waals surface area contributed by atoms with E-state index in [1.165, 1.54) is 0 Å². The molecule has 7 rings (SSSR count). The topological polar surface area (TPSA) is 149 Å². The van der Waals surface area contributed by atoms with Gasteiger partial charge in [-0.25, -0.2) is 0 Å². The molecule has 0 unspecified atom stereocenters. The van der Waals surface area contributed by atoms with Gasteiger partial charge in [0, 0.05) is 58.6 Å². The average Bonchev–Trinajstić information content (AvgIpc) is 3.83. The molecule has 0 radical (unpaired) electrons. The van der Waals surface area contributed by atoms with E-state index in [0.29, 0.717) is 24.0 Å². The molecule has 3 fully saturated rings. The molecule has 1 aromatic carbocycles. The summed E-state index contributed by atoms with van der Waals surface area (Å²) in [5, 5.41) is 39.7. The number of benzene rings is 1. The zero-order valence-electron chi connectivity index (χ0n) is 31.6.